The molecule has 3 aliphatic carbocycles. The number of esters is 1. The number of rotatable bonds is 1. The molecule has 27 heavy (non-hydrogen) atoms. The Morgan fingerprint density at radius 2 is 1.93 bits per heavy atom. The summed E-state index contributed by atoms with van der Waals surface area (Å²) in [4.78, 5) is 12.0. The first-order chi connectivity index (χ1) is 12.8. The van der Waals surface area contributed by atoms with Gasteiger partial charge in [0.2, 0.25) is 0 Å². The number of hydrogen-bond donors (Lipinski definition) is 0. The van der Waals surface area contributed by atoms with E-state index in [9.17, 15) is 4.79 Å². The number of halogens is 2. The van der Waals surface area contributed by atoms with Gasteiger partial charge in [-0.15, -0.1) is 0 Å². The fourth-order valence-corrected chi connectivity index (χ4v) is 7.68. The minimum Gasteiger partial charge on any atom is -0.458 e. The van der Waals surface area contributed by atoms with Crippen LogP contribution < -0.4 is 0 Å². The molecule has 0 aromatic carbocycles. The van der Waals surface area contributed by atoms with Crippen molar-refractivity contribution in [3.05, 3.63) is 11.1 Å². The van der Waals surface area contributed by atoms with E-state index in [1.807, 2.05) is 20.8 Å². The van der Waals surface area contributed by atoms with Crippen LogP contribution >= 0.6 is 0 Å². The quantitative estimate of drug-likeness (QED) is 0.515. The summed E-state index contributed by atoms with van der Waals surface area (Å²) in [7, 11) is 0. The van der Waals surface area contributed by atoms with Gasteiger partial charge in [-0.05, 0) is 30.3 Å². The Balaban J connectivity index is 1.40. The molecular weight excluding hydrogens is 358 g/mol. The van der Waals surface area contributed by atoms with Crippen LogP contribution in [0.25, 0.3) is 0 Å². The van der Waals surface area contributed by atoms with Gasteiger partial charge in [0.25, 0.3) is 0 Å². The second-order valence-electron chi connectivity index (χ2n) is 9.98. The number of cyclic esters (lactones) is 1. The SMILES string of the molecule is CC(C)[C@]12O[C@H]1[C@@H]1O[C@]13[C@]1(O[C@H]1C[C@H]1C4=C(C(=O)OC4)[C@H](F)C[C@@]13C)[C@H]2F. The largest absolute Gasteiger partial charge is 0.458 e. The first-order valence-electron chi connectivity index (χ1n) is 9.97. The van der Waals surface area contributed by atoms with E-state index >= 15 is 8.78 Å². The minimum atomic E-state index is -1.40. The number of ether oxygens (including phenoxy) is 4. The summed E-state index contributed by atoms with van der Waals surface area (Å²) in [6.45, 7) is 6.07. The third kappa shape index (κ3) is 1.26. The Morgan fingerprint density at radius 1 is 1.15 bits per heavy atom. The summed E-state index contributed by atoms with van der Waals surface area (Å²) in [5.74, 6) is -0.621. The monoisotopic (exact) mass is 380 g/mol. The lowest BCUT2D eigenvalue weighted by Gasteiger charge is -2.53. The number of hydrogen-bond acceptors (Lipinski definition) is 5. The Morgan fingerprint density at radius 3 is 2.67 bits per heavy atom. The maximum atomic E-state index is 16.0. The topological polar surface area (TPSA) is 63.9 Å². The molecule has 3 saturated heterocycles. The molecule has 0 radical (unpaired) electrons. The predicted molar refractivity (Wildman–Crippen MR) is 86.3 cm³/mol. The van der Waals surface area contributed by atoms with E-state index in [-0.39, 0.29) is 48.7 Å². The predicted octanol–water partition coefficient (Wildman–Crippen LogP) is 2.03. The highest BCUT2D eigenvalue weighted by Crippen LogP contribution is 2.83. The van der Waals surface area contributed by atoms with Crippen LogP contribution in [-0.2, 0) is 23.7 Å². The Labute approximate surface area is 155 Å². The summed E-state index contributed by atoms with van der Waals surface area (Å²) < 4.78 is 54.7. The number of carbonyl (C=O) groups excluding carboxylic acids is 1. The second-order valence-corrected chi connectivity index (χ2v) is 9.98. The third-order valence-electron chi connectivity index (χ3n) is 8.99. The van der Waals surface area contributed by atoms with Crippen LogP contribution in [0.2, 0.25) is 0 Å². The van der Waals surface area contributed by atoms with Gasteiger partial charge in [0.1, 0.15) is 36.2 Å². The first-order valence-corrected chi connectivity index (χ1v) is 9.97. The highest BCUT2D eigenvalue weighted by molar-refractivity contribution is 5.93. The van der Waals surface area contributed by atoms with Crippen molar-refractivity contribution in [3.8, 4) is 0 Å². The lowest BCUT2D eigenvalue weighted by atomic mass is 9.46. The standard InChI is InChI=1S/C20H22F2O5/c1-7(2)18-13(26-18)14-20(27-14)17(3)5-10(21)12-8(6-24-15(12)23)9(17)4-11-19(20,25-11)16(18)22/h7,9-11,13-14,16H,4-6H2,1-3H3/t9-,10+,11-,13-,14-,16-,17-,18-,19+,20+/m0/s1. The van der Waals surface area contributed by atoms with Crippen molar-refractivity contribution in [2.75, 3.05) is 6.61 Å². The fraction of sp³-hybridized carbons (Fsp3) is 0.850. The summed E-state index contributed by atoms with van der Waals surface area (Å²) in [6, 6.07) is 0. The van der Waals surface area contributed by atoms with Crippen molar-refractivity contribution >= 4 is 5.97 Å². The van der Waals surface area contributed by atoms with Crippen LogP contribution in [0.1, 0.15) is 33.6 Å². The van der Waals surface area contributed by atoms with Gasteiger partial charge in [-0.1, -0.05) is 20.8 Å². The lowest BCUT2D eigenvalue weighted by molar-refractivity contribution is -0.136. The Kier molecular flexibility index (Phi) is 2.33. The van der Waals surface area contributed by atoms with Crippen molar-refractivity contribution in [1.82, 2.24) is 0 Å². The van der Waals surface area contributed by atoms with E-state index in [1.54, 1.807) is 0 Å². The van der Waals surface area contributed by atoms with Crippen molar-refractivity contribution in [3.63, 3.8) is 0 Å². The van der Waals surface area contributed by atoms with Crippen LogP contribution in [0.4, 0.5) is 8.78 Å². The van der Waals surface area contributed by atoms with Crippen molar-refractivity contribution in [2.45, 2.75) is 81.1 Å². The molecule has 5 nitrogen and oxygen atoms in total. The summed E-state index contributed by atoms with van der Waals surface area (Å²) in [6.07, 6.45) is -2.82. The van der Waals surface area contributed by atoms with Crippen LogP contribution in [0, 0.1) is 17.3 Å². The van der Waals surface area contributed by atoms with Gasteiger partial charge in [0.15, 0.2) is 11.8 Å². The molecule has 0 bridgehead atoms. The summed E-state index contributed by atoms with van der Waals surface area (Å²) >= 11 is 0. The van der Waals surface area contributed by atoms with Crippen molar-refractivity contribution in [1.29, 1.82) is 0 Å². The third-order valence-corrected chi connectivity index (χ3v) is 8.99. The number of alkyl halides is 2. The van der Waals surface area contributed by atoms with Crippen LogP contribution in [0.3, 0.4) is 0 Å². The molecule has 0 aromatic rings. The van der Waals surface area contributed by atoms with Crippen molar-refractivity contribution < 1.29 is 32.5 Å². The molecule has 2 spiro atoms. The van der Waals surface area contributed by atoms with Gasteiger partial charge >= 0.3 is 5.97 Å². The van der Waals surface area contributed by atoms with Crippen LogP contribution in [0.5, 0.6) is 0 Å². The molecule has 0 unspecified atom stereocenters. The minimum absolute atomic E-state index is 0.0138. The Hall–Kier alpha value is -1.05. The number of fused-ring (bicyclic) bond motifs is 4. The fourth-order valence-electron chi connectivity index (χ4n) is 7.68. The second kappa shape index (κ2) is 3.98. The van der Waals surface area contributed by atoms with E-state index in [0.29, 0.717) is 6.42 Å². The van der Waals surface area contributed by atoms with E-state index in [4.69, 9.17) is 18.9 Å². The highest BCUT2D eigenvalue weighted by Gasteiger charge is 3.01. The number of carbonyl (C=O) groups is 1. The molecule has 146 valence electrons. The maximum absolute atomic E-state index is 16.0. The van der Waals surface area contributed by atoms with E-state index < -0.39 is 40.5 Å². The lowest BCUT2D eigenvalue weighted by Crippen LogP contribution is -2.68. The number of epoxide rings is 3. The van der Waals surface area contributed by atoms with Gasteiger partial charge in [-0.25, -0.2) is 13.6 Å². The van der Waals surface area contributed by atoms with Gasteiger partial charge < -0.3 is 18.9 Å². The van der Waals surface area contributed by atoms with Crippen molar-refractivity contribution in [2.24, 2.45) is 17.3 Å². The van der Waals surface area contributed by atoms with E-state index in [1.165, 1.54) is 0 Å². The zero-order chi connectivity index (χ0) is 18.7. The molecule has 0 N–H and O–H groups in total. The molecular formula is C20H22F2O5. The molecule has 2 saturated carbocycles. The van der Waals surface area contributed by atoms with Crippen LogP contribution in [-0.4, -0.2) is 60.0 Å². The van der Waals surface area contributed by atoms with Gasteiger partial charge in [-0.2, -0.15) is 0 Å². The zero-order valence-electron chi connectivity index (χ0n) is 15.5. The summed E-state index contributed by atoms with van der Waals surface area (Å²) in [5, 5.41) is 0. The van der Waals surface area contributed by atoms with Gasteiger partial charge in [0, 0.05) is 5.41 Å². The first kappa shape index (κ1) is 15.8. The molecule has 0 aromatic heterocycles. The molecule has 10 atom stereocenters. The van der Waals surface area contributed by atoms with Gasteiger partial charge in [-0.3, -0.25) is 0 Å². The molecule has 4 heterocycles. The van der Waals surface area contributed by atoms with Gasteiger partial charge in [0.05, 0.1) is 11.7 Å². The average Bonchev–Trinajstić information content (AvgIpc) is 3.48. The molecule has 4 aliphatic heterocycles. The molecule has 7 aliphatic rings. The van der Waals surface area contributed by atoms with Crippen LogP contribution in [0.15, 0.2) is 11.1 Å². The normalized spacial score (nSPS) is 64.0. The summed E-state index contributed by atoms with van der Waals surface area (Å²) in [5.41, 5.74) is -2.48. The average molecular weight is 380 g/mol. The van der Waals surface area contributed by atoms with E-state index in [0.717, 1.165) is 5.57 Å². The zero-order valence-corrected chi connectivity index (χ0v) is 15.5. The highest BCUT2D eigenvalue weighted by atomic mass is 19.1. The van der Waals surface area contributed by atoms with E-state index in [2.05, 4.69) is 0 Å². The molecule has 5 fully saturated rings. The molecule has 0 amide bonds. The Bertz CT molecular complexity index is 857. The maximum Gasteiger partial charge on any atom is 0.337 e. The smallest absolute Gasteiger partial charge is 0.337 e. The molecule has 7 heteroatoms. The molecule has 7 rings (SSSR count).